The van der Waals surface area contributed by atoms with Crippen molar-refractivity contribution in [2.75, 3.05) is 0 Å². The molecule has 0 spiro atoms. The second-order valence-electron chi connectivity index (χ2n) is 5.79. The van der Waals surface area contributed by atoms with E-state index in [1.165, 1.54) is 19.3 Å². The number of hydrogen-bond acceptors (Lipinski definition) is 2. The number of alkyl halides is 1. The molecular weight excluding hydrogens is 258 g/mol. The van der Waals surface area contributed by atoms with E-state index in [0.717, 1.165) is 22.6 Å². The van der Waals surface area contributed by atoms with Gasteiger partial charge in [0.1, 0.15) is 11.3 Å². The normalized spacial score (nSPS) is 25.1. The Bertz CT molecular complexity index is 603. The minimum absolute atomic E-state index is 0.0812. The first kappa shape index (κ1) is 12.9. The Hall–Kier alpha value is -1.09. The third kappa shape index (κ3) is 2.14. The van der Waals surface area contributed by atoms with Gasteiger partial charge in [-0.3, -0.25) is 0 Å². The molecule has 2 aromatic rings. The van der Waals surface area contributed by atoms with Gasteiger partial charge in [0.05, 0.1) is 5.38 Å². The highest BCUT2D eigenvalue weighted by molar-refractivity contribution is 6.20. The number of aryl methyl sites for hydroxylation is 1. The van der Waals surface area contributed by atoms with Crippen LogP contribution in [0.25, 0.3) is 11.2 Å². The van der Waals surface area contributed by atoms with Crippen molar-refractivity contribution in [2.45, 2.75) is 51.5 Å². The zero-order valence-electron chi connectivity index (χ0n) is 11.7. The standard InChI is InChI=1S/C15H20ClN3/c1-9-7-12-15(17-8-9)19(14(18-12)11(3)16)13-6-4-5-10(13)2/h7-8,10-11,13H,4-6H2,1-3H3. The second kappa shape index (κ2) is 4.78. The highest BCUT2D eigenvalue weighted by atomic mass is 35.5. The molecule has 0 amide bonds. The molecule has 1 aliphatic rings. The van der Waals surface area contributed by atoms with Crippen LogP contribution in [0.5, 0.6) is 0 Å². The van der Waals surface area contributed by atoms with Crippen LogP contribution in [0.4, 0.5) is 0 Å². The molecule has 102 valence electrons. The van der Waals surface area contributed by atoms with Crippen molar-refractivity contribution >= 4 is 22.8 Å². The monoisotopic (exact) mass is 277 g/mol. The molecule has 2 heterocycles. The molecule has 1 fully saturated rings. The van der Waals surface area contributed by atoms with Crippen molar-refractivity contribution in [3.63, 3.8) is 0 Å². The number of fused-ring (bicyclic) bond motifs is 1. The van der Waals surface area contributed by atoms with E-state index in [2.05, 4.69) is 22.5 Å². The first-order valence-corrected chi connectivity index (χ1v) is 7.50. The number of rotatable bonds is 2. The molecule has 0 bridgehead atoms. The largest absolute Gasteiger partial charge is 0.308 e. The molecule has 2 aromatic heterocycles. The SMILES string of the molecule is Cc1cnc2c(c1)nc(C(C)Cl)n2C1CCCC1C. The first-order chi connectivity index (χ1) is 9.08. The van der Waals surface area contributed by atoms with Crippen LogP contribution in [0.15, 0.2) is 12.3 Å². The lowest BCUT2D eigenvalue weighted by molar-refractivity contribution is 0.403. The Morgan fingerprint density at radius 3 is 2.84 bits per heavy atom. The molecule has 1 aliphatic carbocycles. The maximum atomic E-state index is 6.33. The van der Waals surface area contributed by atoms with Gasteiger partial charge in [0.15, 0.2) is 5.65 Å². The van der Waals surface area contributed by atoms with E-state index < -0.39 is 0 Å². The molecule has 0 N–H and O–H groups in total. The summed E-state index contributed by atoms with van der Waals surface area (Å²) in [6, 6.07) is 2.60. The van der Waals surface area contributed by atoms with Gasteiger partial charge in [-0.15, -0.1) is 11.6 Å². The topological polar surface area (TPSA) is 30.7 Å². The molecule has 1 saturated carbocycles. The third-order valence-electron chi connectivity index (χ3n) is 4.20. The van der Waals surface area contributed by atoms with Crippen LogP contribution >= 0.6 is 11.6 Å². The quantitative estimate of drug-likeness (QED) is 0.762. The smallest absolute Gasteiger partial charge is 0.160 e. The third-order valence-corrected chi connectivity index (χ3v) is 4.39. The minimum Gasteiger partial charge on any atom is -0.308 e. The molecule has 3 rings (SSSR count). The molecule has 0 aliphatic heterocycles. The number of aromatic nitrogens is 3. The Kier molecular flexibility index (Phi) is 3.25. The summed E-state index contributed by atoms with van der Waals surface area (Å²) in [5.41, 5.74) is 3.11. The molecule has 4 heteroatoms. The summed E-state index contributed by atoms with van der Waals surface area (Å²) in [5.74, 6) is 1.64. The molecule has 19 heavy (non-hydrogen) atoms. The molecular formula is C15H20ClN3. The minimum atomic E-state index is -0.0812. The number of imidazole rings is 1. The Morgan fingerprint density at radius 2 is 2.21 bits per heavy atom. The van der Waals surface area contributed by atoms with Gasteiger partial charge in [-0.1, -0.05) is 13.3 Å². The summed E-state index contributed by atoms with van der Waals surface area (Å²) in [7, 11) is 0. The second-order valence-corrected chi connectivity index (χ2v) is 6.44. The average molecular weight is 278 g/mol. The van der Waals surface area contributed by atoms with Crippen molar-refractivity contribution in [2.24, 2.45) is 5.92 Å². The molecule has 0 radical (unpaired) electrons. The maximum absolute atomic E-state index is 6.33. The molecule has 3 atom stereocenters. The fourth-order valence-electron chi connectivity index (χ4n) is 3.22. The van der Waals surface area contributed by atoms with Gasteiger partial charge in [-0.05, 0) is 44.2 Å². The lowest BCUT2D eigenvalue weighted by atomic mass is 10.1. The van der Waals surface area contributed by atoms with E-state index in [9.17, 15) is 0 Å². The van der Waals surface area contributed by atoms with Crippen LogP contribution in [0.2, 0.25) is 0 Å². The molecule has 3 unspecified atom stereocenters. The fraction of sp³-hybridized carbons (Fsp3) is 0.600. The maximum Gasteiger partial charge on any atom is 0.160 e. The summed E-state index contributed by atoms with van der Waals surface area (Å²) < 4.78 is 2.30. The Balaban J connectivity index is 2.22. The number of hydrogen-bond donors (Lipinski definition) is 0. The van der Waals surface area contributed by atoms with Gasteiger partial charge < -0.3 is 4.57 Å². The lowest BCUT2D eigenvalue weighted by Gasteiger charge is -2.21. The zero-order valence-corrected chi connectivity index (χ0v) is 12.5. The van der Waals surface area contributed by atoms with Gasteiger partial charge >= 0.3 is 0 Å². The van der Waals surface area contributed by atoms with Crippen LogP contribution in [0.3, 0.4) is 0 Å². The molecule has 0 saturated heterocycles. The first-order valence-electron chi connectivity index (χ1n) is 7.06. The lowest BCUT2D eigenvalue weighted by Crippen LogP contribution is -2.15. The van der Waals surface area contributed by atoms with E-state index in [0.29, 0.717) is 12.0 Å². The summed E-state index contributed by atoms with van der Waals surface area (Å²) in [6.07, 6.45) is 5.70. The van der Waals surface area contributed by atoms with Gasteiger partial charge in [-0.25, -0.2) is 9.97 Å². The van der Waals surface area contributed by atoms with Gasteiger partial charge in [0, 0.05) is 12.2 Å². The van der Waals surface area contributed by atoms with Crippen molar-refractivity contribution < 1.29 is 0 Å². The van der Waals surface area contributed by atoms with Crippen LogP contribution in [-0.2, 0) is 0 Å². The van der Waals surface area contributed by atoms with E-state index in [4.69, 9.17) is 16.6 Å². The molecule has 0 aromatic carbocycles. The average Bonchev–Trinajstić information content (AvgIpc) is 2.91. The van der Waals surface area contributed by atoms with Crippen LogP contribution in [-0.4, -0.2) is 14.5 Å². The summed E-state index contributed by atoms with van der Waals surface area (Å²) in [6.45, 7) is 6.36. The summed E-state index contributed by atoms with van der Waals surface area (Å²) in [5, 5.41) is -0.0812. The van der Waals surface area contributed by atoms with Crippen LogP contribution in [0.1, 0.15) is 55.9 Å². The van der Waals surface area contributed by atoms with E-state index >= 15 is 0 Å². The van der Waals surface area contributed by atoms with E-state index in [-0.39, 0.29) is 5.38 Å². The Morgan fingerprint density at radius 1 is 1.42 bits per heavy atom. The number of halogens is 1. The van der Waals surface area contributed by atoms with Crippen LogP contribution in [0, 0.1) is 12.8 Å². The Labute approximate surface area is 119 Å². The van der Waals surface area contributed by atoms with Crippen molar-refractivity contribution in [3.05, 3.63) is 23.7 Å². The van der Waals surface area contributed by atoms with Gasteiger partial charge in [0.25, 0.3) is 0 Å². The van der Waals surface area contributed by atoms with Crippen molar-refractivity contribution in [3.8, 4) is 0 Å². The van der Waals surface area contributed by atoms with Crippen molar-refractivity contribution in [1.29, 1.82) is 0 Å². The zero-order chi connectivity index (χ0) is 13.6. The summed E-state index contributed by atoms with van der Waals surface area (Å²) >= 11 is 6.33. The highest BCUT2D eigenvalue weighted by Crippen LogP contribution is 2.39. The van der Waals surface area contributed by atoms with E-state index in [1.807, 2.05) is 20.0 Å². The van der Waals surface area contributed by atoms with Gasteiger partial charge in [0.2, 0.25) is 0 Å². The fourth-order valence-corrected chi connectivity index (χ4v) is 3.37. The predicted molar refractivity (Wildman–Crippen MR) is 78.6 cm³/mol. The summed E-state index contributed by atoms with van der Waals surface area (Å²) in [4.78, 5) is 9.33. The van der Waals surface area contributed by atoms with Crippen molar-refractivity contribution in [1.82, 2.24) is 14.5 Å². The van der Waals surface area contributed by atoms with Gasteiger partial charge in [-0.2, -0.15) is 0 Å². The predicted octanol–water partition coefficient (Wildman–Crippen LogP) is 4.40. The van der Waals surface area contributed by atoms with Crippen LogP contribution < -0.4 is 0 Å². The molecule has 3 nitrogen and oxygen atoms in total. The number of nitrogens with zero attached hydrogens (tertiary/aromatic N) is 3. The highest BCUT2D eigenvalue weighted by Gasteiger charge is 2.30. The number of pyridine rings is 1. The van der Waals surface area contributed by atoms with E-state index in [1.54, 1.807) is 0 Å².